The first-order valence-electron chi connectivity index (χ1n) is 8.36. The minimum absolute atomic E-state index is 0.0267. The fourth-order valence-electron chi connectivity index (χ4n) is 2.91. The van der Waals surface area contributed by atoms with Crippen LogP contribution in [0, 0.1) is 0 Å². The van der Waals surface area contributed by atoms with Gasteiger partial charge in [-0.15, -0.1) is 0 Å². The van der Waals surface area contributed by atoms with Gasteiger partial charge in [0.1, 0.15) is 0 Å². The standard InChI is InChI=1S/C18H21F2N5O/c1-24(16(26)8-21)11-13-3-2-4-14(7-13)15-9-22-17(23-10-15)25-6-5-18(19,20)12-25/h2-4,7,9-10H,5-6,8,11-12,21H2,1H3. The number of halogens is 2. The van der Waals surface area contributed by atoms with Gasteiger partial charge in [0.15, 0.2) is 0 Å². The second kappa shape index (κ2) is 7.33. The lowest BCUT2D eigenvalue weighted by molar-refractivity contribution is -0.128. The number of nitrogens with zero attached hydrogens (tertiary/aromatic N) is 4. The highest BCUT2D eigenvalue weighted by molar-refractivity contribution is 5.77. The lowest BCUT2D eigenvalue weighted by atomic mass is 10.1. The van der Waals surface area contributed by atoms with E-state index in [-0.39, 0.29) is 32.0 Å². The van der Waals surface area contributed by atoms with Crippen molar-refractivity contribution in [3.8, 4) is 11.1 Å². The molecule has 3 rings (SSSR count). The number of hydrogen-bond acceptors (Lipinski definition) is 5. The summed E-state index contributed by atoms with van der Waals surface area (Å²) in [6.07, 6.45) is 3.09. The Morgan fingerprint density at radius 3 is 2.65 bits per heavy atom. The van der Waals surface area contributed by atoms with Gasteiger partial charge < -0.3 is 15.5 Å². The minimum Gasteiger partial charge on any atom is -0.340 e. The molecule has 1 aliphatic rings. The van der Waals surface area contributed by atoms with Gasteiger partial charge in [-0.2, -0.15) is 0 Å². The number of alkyl halides is 2. The largest absolute Gasteiger partial charge is 0.340 e. The second-order valence-electron chi connectivity index (χ2n) is 6.45. The monoisotopic (exact) mass is 361 g/mol. The van der Waals surface area contributed by atoms with Gasteiger partial charge >= 0.3 is 0 Å². The molecule has 138 valence electrons. The minimum atomic E-state index is -2.68. The second-order valence-corrected chi connectivity index (χ2v) is 6.45. The first-order chi connectivity index (χ1) is 12.4. The maximum Gasteiger partial charge on any atom is 0.267 e. The van der Waals surface area contributed by atoms with Crippen molar-refractivity contribution in [2.24, 2.45) is 5.73 Å². The van der Waals surface area contributed by atoms with Crippen LogP contribution in [0.1, 0.15) is 12.0 Å². The van der Waals surface area contributed by atoms with Crippen molar-refractivity contribution >= 4 is 11.9 Å². The summed E-state index contributed by atoms with van der Waals surface area (Å²) in [6, 6.07) is 7.67. The van der Waals surface area contributed by atoms with Crippen molar-refractivity contribution in [2.45, 2.75) is 18.9 Å². The van der Waals surface area contributed by atoms with E-state index in [1.54, 1.807) is 24.3 Å². The van der Waals surface area contributed by atoms with Crippen LogP contribution in [0.4, 0.5) is 14.7 Å². The quantitative estimate of drug-likeness (QED) is 0.880. The molecule has 1 amide bonds. The lowest BCUT2D eigenvalue weighted by Gasteiger charge is -2.17. The molecule has 8 heteroatoms. The topological polar surface area (TPSA) is 75.4 Å². The number of rotatable bonds is 5. The molecule has 2 N–H and O–H groups in total. The molecular formula is C18H21F2N5O. The SMILES string of the molecule is CN(Cc1cccc(-c2cnc(N3CCC(F)(F)C3)nc2)c1)C(=O)CN. The van der Waals surface area contributed by atoms with E-state index in [1.165, 1.54) is 4.90 Å². The van der Waals surface area contributed by atoms with Gasteiger partial charge in [-0.3, -0.25) is 4.79 Å². The van der Waals surface area contributed by atoms with E-state index in [1.807, 2.05) is 24.3 Å². The first-order valence-corrected chi connectivity index (χ1v) is 8.36. The van der Waals surface area contributed by atoms with Gasteiger partial charge in [-0.05, 0) is 17.2 Å². The Bertz CT molecular complexity index is 781. The van der Waals surface area contributed by atoms with Crippen molar-refractivity contribution in [1.82, 2.24) is 14.9 Å². The van der Waals surface area contributed by atoms with Gasteiger partial charge in [-0.1, -0.05) is 18.2 Å². The predicted molar refractivity (Wildman–Crippen MR) is 94.8 cm³/mol. The van der Waals surface area contributed by atoms with Crippen LogP contribution in [0.15, 0.2) is 36.7 Å². The Balaban J connectivity index is 1.73. The summed E-state index contributed by atoms with van der Waals surface area (Å²) in [4.78, 5) is 23.1. The molecule has 1 fully saturated rings. The zero-order valence-electron chi connectivity index (χ0n) is 14.5. The summed E-state index contributed by atoms with van der Waals surface area (Å²) in [5.41, 5.74) is 8.01. The summed E-state index contributed by atoms with van der Waals surface area (Å²) in [5, 5.41) is 0. The average molecular weight is 361 g/mol. The van der Waals surface area contributed by atoms with Gasteiger partial charge in [0.05, 0.1) is 13.1 Å². The molecule has 1 aromatic heterocycles. The number of benzene rings is 1. The summed E-state index contributed by atoms with van der Waals surface area (Å²) in [7, 11) is 1.70. The molecule has 0 saturated carbocycles. The van der Waals surface area contributed by atoms with Gasteiger partial charge in [0.2, 0.25) is 11.9 Å². The number of amides is 1. The average Bonchev–Trinajstić information content (AvgIpc) is 3.01. The Morgan fingerprint density at radius 1 is 1.31 bits per heavy atom. The molecule has 0 bridgehead atoms. The molecular weight excluding hydrogens is 340 g/mol. The van der Waals surface area contributed by atoms with E-state index in [0.29, 0.717) is 12.5 Å². The lowest BCUT2D eigenvalue weighted by Crippen LogP contribution is -2.32. The maximum atomic E-state index is 13.3. The third-order valence-electron chi connectivity index (χ3n) is 4.37. The van der Waals surface area contributed by atoms with Crippen LogP contribution >= 0.6 is 0 Å². The Hall–Kier alpha value is -2.61. The molecule has 1 saturated heterocycles. The number of carbonyl (C=O) groups is 1. The van der Waals surface area contributed by atoms with Gasteiger partial charge in [0.25, 0.3) is 5.92 Å². The zero-order valence-corrected chi connectivity index (χ0v) is 14.5. The van der Waals surface area contributed by atoms with Crippen LogP contribution in [-0.2, 0) is 11.3 Å². The molecule has 26 heavy (non-hydrogen) atoms. The summed E-state index contributed by atoms with van der Waals surface area (Å²) < 4.78 is 26.6. The van der Waals surface area contributed by atoms with Crippen molar-refractivity contribution < 1.29 is 13.6 Å². The highest BCUT2D eigenvalue weighted by Gasteiger charge is 2.39. The number of aromatic nitrogens is 2. The molecule has 0 radical (unpaired) electrons. The Labute approximate surface area is 150 Å². The van der Waals surface area contributed by atoms with Crippen LogP contribution in [0.2, 0.25) is 0 Å². The Morgan fingerprint density at radius 2 is 2.04 bits per heavy atom. The molecule has 6 nitrogen and oxygen atoms in total. The van der Waals surface area contributed by atoms with Crippen LogP contribution in [0.5, 0.6) is 0 Å². The van der Waals surface area contributed by atoms with Crippen molar-refractivity contribution in [3.05, 3.63) is 42.2 Å². The number of anilines is 1. The number of carbonyl (C=O) groups excluding carboxylic acids is 1. The zero-order chi connectivity index (χ0) is 18.7. The number of likely N-dealkylation sites (N-methyl/N-ethyl adjacent to an activating group) is 1. The Kier molecular flexibility index (Phi) is 5.13. The van der Waals surface area contributed by atoms with E-state index in [2.05, 4.69) is 9.97 Å². The predicted octanol–water partition coefficient (Wildman–Crippen LogP) is 1.91. The van der Waals surface area contributed by atoms with E-state index in [4.69, 9.17) is 5.73 Å². The molecule has 1 aliphatic heterocycles. The fourth-order valence-corrected chi connectivity index (χ4v) is 2.91. The number of hydrogen-bond donors (Lipinski definition) is 1. The van der Waals surface area contributed by atoms with Crippen LogP contribution in [0.3, 0.4) is 0 Å². The van der Waals surface area contributed by atoms with Crippen molar-refractivity contribution in [3.63, 3.8) is 0 Å². The van der Waals surface area contributed by atoms with Crippen molar-refractivity contribution in [1.29, 1.82) is 0 Å². The highest BCUT2D eigenvalue weighted by atomic mass is 19.3. The molecule has 1 aromatic carbocycles. The fraction of sp³-hybridized carbons (Fsp3) is 0.389. The van der Waals surface area contributed by atoms with E-state index >= 15 is 0 Å². The van der Waals surface area contributed by atoms with E-state index < -0.39 is 5.92 Å². The van der Waals surface area contributed by atoms with Crippen molar-refractivity contribution in [2.75, 3.05) is 31.6 Å². The smallest absolute Gasteiger partial charge is 0.267 e. The first kappa shape index (κ1) is 18.2. The summed E-state index contributed by atoms with van der Waals surface area (Å²) >= 11 is 0. The maximum absolute atomic E-state index is 13.3. The van der Waals surface area contributed by atoms with Crippen LogP contribution < -0.4 is 10.6 Å². The van der Waals surface area contributed by atoms with Crippen LogP contribution in [0.25, 0.3) is 11.1 Å². The highest BCUT2D eigenvalue weighted by Crippen LogP contribution is 2.29. The molecule has 2 aromatic rings. The van der Waals surface area contributed by atoms with E-state index in [0.717, 1.165) is 16.7 Å². The van der Waals surface area contributed by atoms with Crippen LogP contribution in [-0.4, -0.2) is 53.4 Å². The third kappa shape index (κ3) is 4.13. The van der Waals surface area contributed by atoms with Gasteiger partial charge in [-0.25, -0.2) is 18.7 Å². The molecule has 0 aliphatic carbocycles. The van der Waals surface area contributed by atoms with Gasteiger partial charge in [0, 0.05) is 44.5 Å². The summed E-state index contributed by atoms with van der Waals surface area (Å²) in [6.45, 7) is 0.333. The molecule has 0 atom stereocenters. The normalized spacial score (nSPS) is 15.9. The van der Waals surface area contributed by atoms with E-state index in [9.17, 15) is 13.6 Å². The molecule has 0 unspecified atom stereocenters. The third-order valence-corrected chi connectivity index (χ3v) is 4.37. The molecule has 2 heterocycles. The molecule has 0 spiro atoms. The number of nitrogens with two attached hydrogens (primary N) is 1. The summed E-state index contributed by atoms with van der Waals surface area (Å²) in [5.74, 6) is -2.50.